The molecule has 4 N–H and O–H groups in total. The fourth-order valence-electron chi connectivity index (χ4n) is 5.26. The van der Waals surface area contributed by atoms with Gasteiger partial charge in [-0.25, -0.2) is 0 Å². The minimum Gasteiger partial charge on any atom is -0.457 e. The molecule has 1 fully saturated rings. The van der Waals surface area contributed by atoms with Gasteiger partial charge in [0.15, 0.2) is 6.29 Å². The highest BCUT2D eigenvalue weighted by Crippen LogP contribution is 2.22. The van der Waals surface area contributed by atoms with Gasteiger partial charge in [0, 0.05) is 13.0 Å². The summed E-state index contributed by atoms with van der Waals surface area (Å²) in [6.07, 6.45) is 37.5. The van der Waals surface area contributed by atoms with E-state index in [2.05, 4.69) is 98.9 Å². The van der Waals surface area contributed by atoms with Crippen LogP contribution in [0, 0.1) is 0 Å². The third-order valence-electron chi connectivity index (χ3n) is 8.31. The first-order valence-electron chi connectivity index (χ1n) is 19.7. The lowest BCUT2D eigenvalue weighted by atomic mass is 9.99. The Balaban J connectivity index is 2.39. The van der Waals surface area contributed by atoms with E-state index >= 15 is 0 Å². The second-order valence-corrected chi connectivity index (χ2v) is 13.0. The van der Waals surface area contributed by atoms with E-state index in [-0.39, 0.29) is 25.6 Å². The van der Waals surface area contributed by atoms with Crippen molar-refractivity contribution in [2.75, 3.05) is 26.4 Å². The number of hydrogen-bond donors (Lipinski definition) is 4. The molecule has 0 saturated carbocycles. The Bertz CT molecular complexity index is 1060. The molecular formula is C43H70O9. The molecule has 0 amide bonds. The van der Waals surface area contributed by atoms with Crippen molar-refractivity contribution in [3.05, 3.63) is 85.1 Å². The monoisotopic (exact) mass is 731 g/mol. The smallest absolute Gasteiger partial charge is 0.306 e. The maximum absolute atomic E-state index is 12.7. The number of rotatable bonds is 31. The SMILES string of the molecule is CC/C=C\C/C=C\C/C=C\C/C=C\CCCCC(=O)OC(COCCCCCC/C=C\C/C=C\C/C=C\CC)COC1OC(CO)C(O)C(O)C1O. The zero-order valence-corrected chi connectivity index (χ0v) is 32.0. The van der Waals surface area contributed by atoms with Crippen LogP contribution < -0.4 is 0 Å². The molecule has 6 unspecified atom stereocenters. The first-order chi connectivity index (χ1) is 25.4. The van der Waals surface area contributed by atoms with E-state index in [4.69, 9.17) is 18.9 Å². The Labute approximate surface area is 314 Å². The second-order valence-electron chi connectivity index (χ2n) is 13.0. The first-order valence-corrected chi connectivity index (χ1v) is 19.7. The van der Waals surface area contributed by atoms with E-state index in [1.54, 1.807) is 0 Å². The highest BCUT2D eigenvalue weighted by molar-refractivity contribution is 5.69. The summed E-state index contributed by atoms with van der Waals surface area (Å²) in [7, 11) is 0. The number of aliphatic hydroxyl groups is 4. The van der Waals surface area contributed by atoms with E-state index in [0.29, 0.717) is 13.0 Å². The Kier molecular flexibility index (Phi) is 31.1. The summed E-state index contributed by atoms with van der Waals surface area (Å²) in [5.41, 5.74) is 0. The van der Waals surface area contributed by atoms with Gasteiger partial charge in [-0.05, 0) is 83.5 Å². The molecule has 1 aliphatic rings. The molecule has 6 atom stereocenters. The van der Waals surface area contributed by atoms with Crippen LogP contribution in [0.2, 0.25) is 0 Å². The molecule has 9 heteroatoms. The van der Waals surface area contributed by atoms with Crippen LogP contribution >= 0.6 is 0 Å². The molecule has 9 nitrogen and oxygen atoms in total. The lowest BCUT2D eigenvalue weighted by molar-refractivity contribution is -0.305. The molecule has 1 rings (SSSR count). The number of hydrogen-bond acceptors (Lipinski definition) is 9. The van der Waals surface area contributed by atoms with Gasteiger partial charge in [-0.3, -0.25) is 4.79 Å². The topological polar surface area (TPSA) is 135 Å². The molecule has 0 radical (unpaired) electrons. The lowest BCUT2D eigenvalue weighted by Crippen LogP contribution is -2.59. The van der Waals surface area contributed by atoms with Crippen LogP contribution in [0.15, 0.2) is 85.1 Å². The van der Waals surface area contributed by atoms with Crippen molar-refractivity contribution in [2.24, 2.45) is 0 Å². The molecule has 1 saturated heterocycles. The molecule has 0 aromatic rings. The highest BCUT2D eigenvalue weighted by Gasteiger charge is 2.44. The standard InChI is InChI=1S/C43H70O9/c1-3-5-7-9-11-13-15-17-19-20-22-24-26-28-30-32-39(45)51-37(36-50-43-42(48)41(47)40(46)38(34-44)52-43)35-49-33-31-29-27-25-23-21-18-16-14-12-10-8-6-4-2/h5-8,11-14,17-19,21-22,24,37-38,40-44,46-48H,3-4,9-10,15-16,20,23,25-36H2,1-2H3/b7-5-,8-6-,13-11-,14-12-,19-17-,21-18-,24-22-. The van der Waals surface area contributed by atoms with Gasteiger partial charge >= 0.3 is 5.97 Å². The van der Waals surface area contributed by atoms with Gasteiger partial charge in [0.2, 0.25) is 0 Å². The molecule has 296 valence electrons. The van der Waals surface area contributed by atoms with Crippen molar-refractivity contribution in [1.29, 1.82) is 0 Å². The van der Waals surface area contributed by atoms with E-state index < -0.39 is 43.4 Å². The third kappa shape index (κ3) is 25.4. The summed E-state index contributed by atoms with van der Waals surface area (Å²) >= 11 is 0. The van der Waals surface area contributed by atoms with Crippen molar-refractivity contribution in [2.45, 2.75) is 153 Å². The fourth-order valence-corrected chi connectivity index (χ4v) is 5.26. The predicted octanol–water partition coefficient (Wildman–Crippen LogP) is 7.91. The summed E-state index contributed by atoms with van der Waals surface area (Å²) in [5.74, 6) is -0.368. The quantitative estimate of drug-likeness (QED) is 0.0319. The molecule has 0 bridgehead atoms. The van der Waals surface area contributed by atoms with Gasteiger partial charge in [-0.1, -0.05) is 112 Å². The molecule has 0 aliphatic carbocycles. The van der Waals surface area contributed by atoms with Crippen LogP contribution in [0.5, 0.6) is 0 Å². The van der Waals surface area contributed by atoms with Gasteiger partial charge in [0.25, 0.3) is 0 Å². The average Bonchev–Trinajstić information content (AvgIpc) is 3.14. The molecule has 1 heterocycles. The largest absolute Gasteiger partial charge is 0.457 e. The molecule has 1 aliphatic heterocycles. The normalized spacial score (nSPS) is 22.2. The summed E-state index contributed by atoms with van der Waals surface area (Å²) in [5, 5.41) is 40.0. The van der Waals surface area contributed by atoms with Crippen molar-refractivity contribution < 1.29 is 44.2 Å². The third-order valence-corrected chi connectivity index (χ3v) is 8.31. The maximum atomic E-state index is 12.7. The average molecular weight is 731 g/mol. The Morgan fingerprint density at radius 2 is 1.12 bits per heavy atom. The van der Waals surface area contributed by atoms with Crippen LogP contribution in [0.4, 0.5) is 0 Å². The number of carbonyl (C=O) groups is 1. The number of carbonyl (C=O) groups excluding carboxylic acids is 1. The van der Waals surface area contributed by atoms with Crippen LogP contribution in [0.1, 0.15) is 117 Å². The molecule has 52 heavy (non-hydrogen) atoms. The second kappa shape index (κ2) is 34.2. The van der Waals surface area contributed by atoms with Crippen LogP contribution in [-0.2, 0) is 23.7 Å². The zero-order valence-electron chi connectivity index (χ0n) is 32.0. The number of aliphatic hydroxyl groups excluding tert-OH is 4. The predicted molar refractivity (Wildman–Crippen MR) is 210 cm³/mol. The minimum atomic E-state index is -1.55. The first kappa shape index (κ1) is 47.4. The van der Waals surface area contributed by atoms with Gasteiger partial charge in [0.05, 0.1) is 19.8 Å². The van der Waals surface area contributed by atoms with Gasteiger partial charge in [-0.2, -0.15) is 0 Å². The van der Waals surface area contributed by atoms with Crippen LogP contribution in [-0.4, -0.2) is 89.6 Å². The Morgan fingerprint density at radius 1 is 0.615 bits per heavy atom. The number of unbranched alkanes of at least 4 members (excludes halogenated alkanes) is 6. The van der Waals surface area contributed by atoms with Crippen molar-refractivity contribution in [1.82, 2.24) is 0 Å². The van der Waals surface area contributed by atoms with Crippen molar-refractivity contribution >= 4 is 5.97 Å². The fraction of sp³-hybridized carbons (Fsp3) is 0.651. The number of esters is 1. The Hall–Kier alpha value is -2.63. The lowest BCUT2D eigenvalue weighted by Gasteiger charge is -2.39. The zero-order chi connectivity index (χ0) is 37.9. The highest BCUT2D eigenvalue weighted by atomic mass is 16.7. The summed E-state index contributed by atoms with van der Waals surface area (Å²) in [6.45, 7) is 4.18. The molecule has 0 aromatic carbocycles. The Morgan fingerprint density at radius 3 is 1.65 bits per heavy atom. The summed E-state index contributed by atoms with van der Waals surface area (Å²) < 4.78 is 22.6. The number of ether oxygens (including phenoxy) is 4. The van der Waals surface area contributed by atoms with E-state index in [0.717, 1.165) is 89.9 Å². The summed E-state index contributed by atoms with van der Waals surface area (Å²) in [4.78, 5) is 12.7. The summed E-state index contributed by atoms with van der Waals surface area (Å²) in [6, 6.07) is 0. The van der Waals surface area contributed by atoms with Gasteiger partial charge in [0.1, 0.15) is 30.5 Å². The van der Waals surface area contributed by atoms with Crippen molar-refractivity contribution in [3.8, 4) is 0 Å². The van der Waals surface area contributed by atoms with E-state index in [1.165, 1.54) is 0 Å². The van der Waals surface area contributed by atoms with Crippen LogP contribution in [0.25, 0.3) is 0 Å². The molecule has 0 aromatic heterocycles. The van der Waals surface area contributed by atoms with Crippen molar-refractivity contribution in [3.63, 3.8) is 0 Å². The molecular weight excluding hydrogens is 660 g/mol. The van der Waals surface area contributed by atoms with E-state index in [1.807, 2.05) is 0 Å². The van der Waals surface area contributed by atoms with E-state index in [9.17, 15) is 25.2 Å². The van der Waals surface area contributed by atoms with Gasteiger partial charge < -0.3 is 39.4 Å². The minimum absolute atomic E-state index is 0.107. The number of allylic oxidation sites excluding steroid dienone is 14. The molecule has 0 spiro atoms. The van der Waals surface area contributed by atoms with Crippen LogP contribution in [0.3, 0.4) is 0 Å². The van der Waals surface area contributed by atoms with Gasteiger partial charge in [-0.15, -0.1) is 0 Å². The maximum Gasteiger partial charge on any atom is 0.306 e.